The van der Waals surface area contributed by atoms with Crippen molar-refractivity contribution in [3.8, 4) is 5.75 Å². The van der Waals surface area contributed by atoms with Crippen molar-refractivity contribution in [3.63, 3.8) is 0 Å². The molecule has 0 aromatic carbocycles. The lowest BCUT2D eigenvalue weighted by atomic mass is 9.85. The molecule has 4 rings (SSSR count). The molecule has 4 amide bonds. The summed E-state index contributed by atoms with van der Waals surface area (Å²) in [6, 6.07) is 2.27. The molecule has 2 aliphatic carbocycles. The molecule has 1 aromatic rings. The van der Waals surface area contributed by atoms with E-state index in [2.05, 4.69) is 15.6 Å². The van der Waals surface area contributed by atoms with Crippen LogP contribution in [0.2, 0.25) is 0 Å². The van der Waals surface area contributed by atoms with Gasteiger partial charge in [0.25, 0.3) is 0 Å². The number of nitrogens with zero attached hydrogens (tertiary/aromatic N) is 2. The molecule has 4 atom stereocenters. The van der Waals surface area contributed by atoms with Crippen LogP contribution in [-0.4, -0.2) is 39.5 Å². The van der Waals surface area contributed by atoms with Gasteiger partial charge in [0.2, 0.25) is 11.8 Å². The van der Waals surface area contributed by atoms with E-state index in [0.29, 0.717) is 0 Å². The number of carbonyl (C=O) groups excluding carboxylic acids is 3. The van der Waals surface area contributed by atoms with Crippen molar-refractivity contribution >= 4 is 23.7 Å². The van der Waals surface area contributed by atoms with Crippen molar-refractivity contribution in [3.05, 3.63) is 30.5 Å². The summed E-state index contributed by atoms with van der Waals surface area (Å²) >= 11 is 0. The van der Waals surface area contributed by atoms with Gasteiger partial charge < -0.3 is 10.4 Å². The second-order valence-corrected chi connectivity index (χ2v) is 6.26. The summed E-state index contributed by atoms with van der Waals surface area (Å²) in [4.78, 5) is 41.7. The van der Waals surface area contributed by atoms with Gasteiger partial charge in [-0.25, -0.2) is 9.78 Å². The molecule has 3 aliphatic rings. The maximum Gasteiger partial charge on any atom is 0.321 e. The van der Waals surface area contributed by atoms with E-state index in [9.17, 15) is 19.5 Å². The van der Waals surface area contributed by atoms with Gasteiger partial charge >= 0.3 is 6.03 Å². The summed E-state index contributed by atoms with van der Waals surface area (Å²) < 4.78 is 0. The zero-order valence-electron chi connectivity index (χ0n) is 12.7. The van der Waals surface area contributed by atoms with Gasteiger partial charge in [-0.15, -0.1) is 0 Å². The van der Waals surface area contributed by atoms with Gasteiger partial charge in [-0.05, 0) is 30.4 Å². The number of carbonyl (C=O) groups is 3. The zero-order valence-corrected chi connectivity index (χ0v) is 12.7. The Bertz CT molecular complexity index is 732. The molecule has 0 spiro atoms. The van der Waals surface area contributed by atoms with Crippen LogP contribution in [0.3, 0.4) is 0 Å². The Kier molecular flexibility index (Phi) is 3.26. The second kappa shape index (κ2) is 5.33. The lowest BCUT2D eigenvalue weighted by Gasteiger charge is -2.18. The van der Waals surface area contributed by atoms with E-state index in [1.807, 2.05) is 12.2 Å². The number of hydrogen-bond donors (Lipinski definition) is 3. The summed E-state index contributed by atoms with van der Waals surface area (Å²) in [5, 5.41) is 14.4. The minimum absolute atomic E-state index is 0.00758. The molecular weight excluding hydrogens is 312 g/mol. The van der Waals surface area contributed by atoms with Crippen molar-refractivity contribution in [1.82, 2.24) is 15.2 Å². The summed E-state index contributed by atoms with van der Waals surface area (Å²) in [6.07, 6.45) is 6.33. The van der Waals surface area contributed by atoms with E-state index >= 15 is 0 Å². The van der Waals surface area contributed by atoms with Gasteiger partial charge in [-0.1, -0.05) is 12.2 Å². The van der Waals surface area contributed by atoms with Crippen molar-refractivity contribution in [2.24, 2.45) is 23.7 Å². The van der Waals surface area contributed by atoms with Gasteiger partial charge in [0.05, 0.1) is 11.8 Å². The van der Waals surface area contributed by atoms with Crippen LogP contribution >= 0.6 is 0 Å². The van der Waals surface area contributed by atoms with Crippen molar-refractivity contribution < 1.29 is 19.5 Å². The fraction of sp³-hybridized carbons (Fsp3) is 0.375. The topological polar surface area (TPSA) is 112 Å². The largest absolute Gasteiger partial charge is 0.504 e. The van der Waals surface area contributed by atoms with Crippen molar-refractivity contribution in [2.45, 2.75) is 6.42 Å². The number of rotatable bonds is 3. The number of fused-ring (bicyclic) bond motifs is 5. The molecule has 8 heteroatoms. The first kappa shape index (κ1) is 14.7. The SMILES string of the molecule is O=C(NCN1C(=O)C2C3C=CC(C3)C2C1=O)Nc1ncccc1O. The van der Waals surface area contributed by atoms with Crippen LogP contribution in [0, 0.1) is 23.7 Å². The Balaban J connectivity index is 1.38. The van der Waals surface area contributed by atoms with Gasteiger partial charge in [0.1, 0.15) is 6.67 Å². The number of allylic oxidation sites excluding steroid dienone is 2. The first-order chi connectivity index (χ1) is 11.6. The average Bonchev–Trinajstić information content (AvgIpc) is 3.23. The summed E-state index contributed by atoms with van der Waals surface area (Å²) in [6.45, 7) is -0.191. The molecule has 1 aliphatic heterocycles. The Morgan fingerprint density at radius 1 is 1.25 bits per heavy atom. The van der Waals surface area contributed by atoms with Crippen molar-refractivity contribution in [2.75, 3.05) is 12.0 Å². The third-order valence-corrected chi connectivity index (χ3v) is 4.98. The highest BCUT2D eigenvalue weighted by Gasteiger charge is 2.59. The van der Waals surface area contributed by atoms with Crippen LogP contribution in [-0.2, 0) is 9.59 Å². The quantitative estimate of drug-likeness (QED) is 0.558. The standard InChI is InChI=1S/C16H16N4O4/c21-10-2-1-5-17-13(10)19-16(24)18-7-20-14(22)11-8-3-4-9(6-8)12(11)15(20)23/h1-5,8-9,11-12,21H,6-7H2,(H2,17,18,19,24). The Hall–Kier alpha value is -2.90. The van der Waals surface area contributed by atoms with E-state index in [0.717, 1.165) is 11.3 Å². The van der Waals surface area contributed by atoms with Gasteiger partial charge in [0, 0.05) is 6.20 Å². The van der Waals surface area contributed by atoms with Crippen LogP contribution in [0.4, 0.5) is 10.6 Å². The van der Waals surface area contributed by atoms with Crippen LogP contribution in [0.25, 0.3) is 0 Å². The number of likely N-dealkylation sites (tertiary alicyclic amines) is 1. The van der Waals surface area contributed by atoms with Crippen LogP contribution < -0.4 is 10.6 Å². The normalized spacial score (nSPS) is 29.9. The molecule has 1 aromatic heterocycles. The minimum Gasteiger partial charge on any atom is -0.504 e. The first-order valence-electron chi connectivity index (χ1n) is 7.78. The predicted molar refractivity (Wildman–Crippen MR) is 82.5 cm³/mol. The Morgan fingerprint density at radius 3 is 2.54 bits per heavy atom. The van der Waals surface area contributed by atoms with E-state index in [4.69, 9.17) is 0 Å². The smallest absolute Gasteiger partial charge is 0.321 e. The van der Waals surface area contributed by atoms with E-state index < -0.39 is 6.03 Å². The lowest BCUT2D eigenvalue weighted by molar-refractivity contribution is -0.140. The molecule has 1 saturated carbocycles. The van der Waals surface area contributed by atoms with Gasteiger partial charge in [-0.2, -0.15) is 0 Å². The highest BCUT2D eigenvalue weighted by atomic mass is 16.3. The summed E-state index contributed by atoms with van der Waals surface area (Å²) in [7, 11) is 0. The third-order valence-electron chi connectivity index (χ3n) is 4.98. The number of hydrogen-bond acceptors (Lipinski definition) is 5. The number of aromatic nitrogens is 1. The summed E-state index contributed by atoms with van der Waals surface area (Å²) in [5.41, 5.74) is 0. The Morgan fingerprint density at radius 2 is 1.92 bits per heavy atom. The molecule has 4 unspecified atom stereocenters. The van der Waals surface area contributed by atoms with E-state index in [1.54, 1.807) is 0 Å². The maximum atomic E-state index is 12.5. The van der Waals surface area contributed by atoms with Crippen molar-refractivity contribution in [1.29, 1.82) is 0 Å². The van der Waals surface area contributed by atoms with Crippen LogP contribution in [0.1, 0.15) is 6.42 Å². The van der Waals surface area contributed by atoms with Crippen LogP contribution in [0.15, 0.2) is 30.5 Å². The van der Waals surface area contributed by atoms with Gasteiger partial charge in [-0.3, -0.25) is 19.8 Å². The predicted octanol–water partition coefficient (Wildman–Crippen LogP) is 0.673. The molecule has 124 valence electrons. The number of urea groups is 1. The molecular formula is C16H16N4O4. The number of nitrogens with one attached hydrogen (secondary N) is 2. The van der Waals surface area contributed by atoms with E-state index in [-0.39, 0.29) is 53.7 Å². The maximum absolute atomic E-state index is 12.5. The molecule has 2 bridgehead atoms. The fourth-order valence-corrected chi connectivity index (χ4v) is 3.92. The lowest BCUT2D eigenvalue weighted by Crippen LogP contribution is -2.43. The fourth-order valence-electron chi connectivity index (χ4n) is 3.92. The Labute approximate surface area is 137 Å². The molecule has 24 heavy (non-hydrogen) atoms. The third kappa shape index (κ3) is 2.14. The zero-order chi connectivity index (χ0) is 16.8. The summed E-state index contributed by atoms with van der Waals surface area (Å²) in [5.74, 6) is -0.882. The van der Waals surface area contributed by atoms with E-state index in [1.165, 1.54) is 18.3 Å². The van der Waals surface area contributed by atoms with Gasteiger partial charge in [0.15, 0.2) is 11.6 Å². The second-order valence-electron chi connectivity index (χ2n) is 6.26. The molecule has 1 saturated heterocycles. The number of pyridine rings is 1. The molecule has 3 N–H and O–H groups in total. The minimum atomic E-state index is -0.650. The first-order valence-corrected chi connectivity index (χ1v) is 7.78. The number of imide groups is 1. The number of anilines is 1. The molecule has 8 nitrogen and oxygen atoms in total. The molecule has 2 heterocycles. The highest BCUT2D eigenvalue weighted by Crippen LogP contribution is 2.52. The monoisotopic (exact) mass is 328 g/mol. The average molecular weight is 328 g/mol. The number of aromatic hydroxyl groups is 1. The number of amides is 4. The van der Waals surface area contributed by atoms with Crippen LogP contribution in [0.5, 0.6) is 5.75 Å². The highest BCUT2D eigenvalue weighted by molar-refractivity contribution is 6.06. The molecule has 0 radical (unpaired) electrons. The molecule has 2 fully saturated rings.